The summed E-state index contributed by atoms with van der Waals surface area (Å²) in [5, 5.41) is 0. The predicted molar refractivity (Wildman–Crippen MR) is 92.0 cm³/mol. The minimum Gasteiger partial charge on any atom is -0.493 e. The van der Waals surface area contributed by atoms with Crippen molar-refractivity contribution in [2.24, 2.45) is 0 Å². The van der Waals surface area contributed by atoms with Crippen LogP contribution < -0.4 is 9.46 Å². The zero-order valence-electron chi connectivity index (χ0n) is 12.7. The summed E-state index contributed by atoms with van der Waals surface area (Å²) in [5.41, 5.74) is 2.56. The van der Waals surface area contributed by atoms with E-state index in [2.05, 4.69) is 20.7 Å². The Morgan fingerprint density at radius 3 is 2.32 bits per heavy atom. The number of aryl methyl sites for hydroxylation is 2. The average Bonchev–Trinajstić information content (AvgIpc) is 2.39. The molecule has 0 fully saturated rings. The van der Waals surface area contributed by atoms with Crippen molar-refractivity contribution >= 4 is 31.6 Å². The van der Waals surface area contributed by atoms with Gasteiger partial charge in [0, 0.05) is 11.8 Å². The first kappa shape index (κ1) is 16.8. The topological polar surface area (TPSA) is 55.4 Å². The van der Waals surface area contributed by atoms with Crippen LogP contribution in [-0.2, 0) is 10.0 Å². The third-order valence-electron chi connectivity index (χ3n) is 2.99. The van der Waals surface area contributed by atoms with Crippen LogP contribution in [0.3, 0.4) is 0 Å². The molecule has 1 N–H and O–H groups in total. The average molecular weight is 384 g/mol. The Kier molecular flexibility index (Phi) is 5.13. The zero-order chi connectivity index (χ0) is 16.3. The number of nitrogens with one attached hydrogen (secondary N) is 1. The number of hydrogen-bond donors (Lipinski definition) is 1. The van der Waals surface area contributed by atoms with Crippen molar-refractivity contribution in [1.82, 2.24) is 0 Å². The normalized spacial score (nSPS) is 11.3. The molecule has 0 aliphatic carbocycles. The second kappa shape index (κ2) is 6.71. The largest absolute Gasteiger partial charge is 0.493 e. The van der Waals surface area contributed by atoms with Crippen molar-refractivity contribution < 1.29 is 13.2 Å². The van der Waals surface area contributed by atoms with Crippen molar-refractivity contribution in [3.8, 4) is 5.75 Å². The second-order valence-electron chi connectivity index (χ2n) is 5.01. The first-order valence-electron chi connectivity index (χ1n) is 6.85. The summed E-state index contributed by atoms with van der Waals surface area (Å²) >= 11 is 3.34. The Morgan fingerprint density at radius 2 is 1.73 bits per heavy atom. The van der Waals surface area contributed by atoms with Gasteiger partial charge in [0.1, 0.15) is 5.75 Å². The summed E-state index contributed by atoms with van der Waals surface area (Å²) in [5.74, 6) is 0.505. The van der Waals surface area contributed by atoms with Gasteiger partial charge < -0.3 is 4.74 Å². The standard InChI is InChI=1S/C16H18BrNO3S/c1-4-21-16-10-14(5-6-15(16)17)22(19,20)18-13-8-11(2)7-12(3)9-13/h5-10,18H,4H2,1-3H3. The van der Waals surface area contributed by atoms with Crippen molar-refractivity contribution in [3.05, 3.63) is 52.0 Å². The molecule has 0 radical (unpaired) electrons. The maximum absolute atomic E-state index is 12.5. The third-order valence-corrected chi connectivity index (χ3v) is 5.02. The zero-order valence-corrected chi connectivity index (χ0v) is 15.1. The van der Waals surface area contributed by atoms with Crippen LogP contribution in [0, 0.1) is 13.8 Å². The van der Waals surface area contributed by atoms with Gasteiger partial charge in [0.2, 0.25) is 0 Å². The molecule has 0 aromatic heterocycles. The van der Waals surface area contributed by atoms with E-state index in [0.29, 0.717) is 18.0 Å². The lowest BCUT2D eigenvalue weighted by Gasteiger charge is -2.12. The molecule has 0 amide bonds. The molecule has 118 valence electrons. The van der Waals surface area contributed by atoms with Gasteiger partial charge in [-0.15, -0.1) is 0 Å². The molecule has 0 saturated carbocycles. The Hall–Kier alpha value is -1.53. The van der Waals surface area contributed by atoms with E-state index < -0.39 is 10.0 Å². The molecule has 0 unspecified atom stereocenters. The Balaban J connectivity index is 2.36. The Morgan fingerprint density at radius 1 is 1.09 bits per heavy atom. The number of ether oxygens (including phenoxy) is 1. The fraction of sp³-hybridized carbons (Fsp3) is 0.250. The molecular weight excluding hydrogens is 366 g/mol. The number of sulfonamides is 1. The van der Waals surface area contributed by atoms with Crippen LogP contribution in [0.15, 0.2) is 45.8 Å². The van der Waals surface area contributed by atoms with Gasteiger partial charge in [-0.1, -0.05) is 6.07 Å². The van der Waals surface area contributed by atoms with E-state index in [9.17, 15) is 8.42 Å². The van der Waals surface area contributed by atoms with E-state index in [0.717, 1.165) is 15.6 Å². The highest BCUT2D eigenvalue weighted by atomic mass is 79.9. The van der Waals surface area contributed by atoms with Crippen LogP contribution in [0.25, 0.3) is 0 Å². The number of halogens is 1. The van der Waals surface area contributed by atoms with E-state index in [1.165, 1.54) is 12.1 Å². The first-order chi connectivity index (χ1) is 10.3. The van der Waals surface area contributed by atoms with E-state index >= 15 is 0 Å². The second-order valence-corrected chi connectivity index (χ2v) is 7.54. The van der Waals surface area contributed by atoms with Gasteiger partial charge in [0.15, 0.2) is 0 Å². The highest BCUT2D eigenvalue weighted by Crippen LogP contribution is 2.29. The van der Waals surface area contributed by atoms with Crippen LogP contribution in [0.5, 0.6) is 5.75 Å². The molecule has 0 saturated heterocycles. The molecule has 4 nitrogen and oxygen atoms in total. The van der Waals surface area contributed by atoms with Gasteiger partial charge >= 0.3 is 0 Å². The summed E-state index contributed by atoms with van der Waals surface area (Å²) in [6, 6.07) is 10.3. The van der Waals surface area contributed by atoms with Crippen LogP contribution in [-0.4, -0.2) is 15.0 Å². The molecule has 2 aromatic carbocycles. The summed E-state index contributed by atoms with van der Waals surface area (Å²) in [6.45, 7) is 6.17. The van der Waals surface area contributed by atoms with Crippen molar-refractivity contribution in [1.29, 1.82) is 0 Å². The van der Waals surface area contributed by atoms with Crippen molar-refractivity contribution in [2.45, 2.75) is 25.7 Å². The van der Waals surface area contributed by atoms with Gasteiger partial charge in [0.25, 0.3) is 10.0 Å². The van der Waals surface area contributed by atoms with E-state index in [1.54, 1.807) is 18.2 Å². The lowest BCUT2D eigenvalue weighted by atomic mass is 10.1. The highest BCUT2D eigenvalue weighted by molar-refractivity contribution is 9.10. The van der Waals surface area contributed by atoms with Crippen LogP contribution >= 0.6 is 15.9 Å². The third kappa shape index (κ3) is 4.01. The molecule has 0 aliphatic rings. The fourth-order valence-corrected chi connectivity index (χ4v) is 3.58. The lowest BCUT2D eigenvalue weighted by molar-refractivity contribution is 0.337. The molecule has 0 aliphatic heterocycles. The van der Waals surface area contributed by atoms with E-state index in [-0.39, 0.29) is 4.90 Å². The summed E-state index contributed by atoms with van der Waals surface area (Å²) < 4.78 is 33.8. The number of hydrogen-bond acceptors (Lipinski definition) is 3. The fourth-order valence-electron chi connectivity index (χ4n) is 2.16. The van der Waals surface area contributed by atoms with Crippen molar-refractivity contribution in [3.63, 3.8) is 0 Å². The maximum atomic E-state index is 12.5. The predicted octanol–water partition coefficient (Wildman–Crippen LogP) is 4.27. The number of rotatable bonds is 5. The van der Waals surface area contributed by atoms with Gasteiger partial charge in [0.05, 0.1) is 16.0 Å². The molecule has 0 spiro atoms. The first-order valence-corrected chi connectivity index (χ1v) is 9.13. The molecule has 2 rings (SSSR count). The minimum atomic E-state index is -3.66. The number of benzene rings is 2. The minimum absolute atomic E-state index is 0.165. The van der Waals surface area contributed by atoms with Gasteiger partial charge in [-0.3, -0.25) is 4.72 Å². The Bertz CT molecular complexity index is 768. The molecule has 22 heavy (non-hydrogen) atoms. The van der Waals surface area contributed by atoms with Crippen LogP contribution in [0.2, 0.25) is 0 Å². The maximum Gasteiger partial charge on any atom is 0.262 e. The van der Waals surface area contributed by atoms with E-state index in [1.807, 2.05) is 26.8 Å². The van der Waals surface area contributed by atoms with Gasteiger partial charge in [-0.25, -0.2) is 8.42 Å². The smallest absolute Gasteiger partial charge is 0.262 e. The summed E-state index contributed by atoms with van der Waals surface area (Å²) in [7, 11) is -3.66. The van der Waals surface area contributed by atoms with Crippen LogP contribution in [0.4, 0.5) is 5.69 Å². The van der Waals surface area contributed by atoms with Crippen LogP contribution in [0.1, 0.15) is 18.1 Å². The highest BCUT2D eigenvalue weighted by Gasteiger charge is 2.16. The molecule has 0 bridgehead atoms. The molecular formula is C16H18BrNO3S. The number of anilines is 1. The lowest BCUT2D eigenvalue weighted by Crippen LogP contribution is -2.13. The Labute approximate surface area is 139 Å². The van der Waals surface area contributed by atoms with Gasteiger partial charge in [-0.05, 0) is 72.1 Å². The molecule has 0 atom stereocenters. The summed E-state index contributed by atoms with van der Waals surface area (Å²) in [6.07, 6.45) is 0. The molecule has 6 heteroatoms. The SMILES string of the molecule is CCOc1cc(S(=O)(=O)Nc2cc(C)cc(C)c2)ccc1Br. The quantitative estimate of drug-likeness (QED) is 0.838. The van der Waals surface area contributed by atoms with Crippen molar-refractivity contribution in [2.75, 3.05) is 11.3 Å². The van der Waals surface area contributed by atoms with E-state index in [4.69, 9.17) is 4.74 Å². The monoisotopic (exact) mass is 383 g/mol. The molecule has 2 aromatic rings. The van der Waals surface area contributed by atoms with Gasteiger partial charge in [-0.2, -0.15) is 0 Å². The molecule has 0 heterocycles. The summed E-state index contributed by atoms with van der Waals surface area (Å²) in [4.78, 5) is 0.165.